The van der Waals surface area contributed by atoms with Crippen LogP contribution in [-0.4, -0.2) is 34.2 Å². The number of carbonyl (C=O) groups is 2. The number of aromatic nitrogens is 1. The van der Waals surface area contributed by atoms with Crippen LogP contribution < -0.4 is 4.74 Å². The molecule has 0 bridgehead atoms. The van der Waals surface area contributed by atoms with Crippen LogP contribution in [0, 0.1) is 0 Å². The van der Waals surface area contributed by atoms with Gasteiger partial charge in [-0.15, -0.1) is 0 Å². The van der Waals surface area contributed by atoms with Crippen molar-refractivity contribution in [2.24, 2.45) is 0 Å². The molecule has 0 aliphatic heterocycles. The SMILES string of the molecule is COc1ccc(Cl)cc1-c1nc(C(=O)O)c(C(=O)O)o1. The van der Waals surface area contributed by atoms with Gasteiger partial charge in [0.05, 0.1) is 12.7 Å². The molecular weight excluding hydrogens is 290 g/mol. The number of hydrogen-bond acceptors (Lipinski definition) is 5. The lowest BCUT2D eigenvalue weighted by molar-refractivity contribution is 0.0624. The predicted molar refractivity (Wildman–Crippen MR) is 67.4 cm³/mol. The fourth-order valence-electron chi connectivity index (χ4n) is 1.57. The van der Waals surface area contributed by atoms with Crippen LogP contribution in [0.25, 0.3) is 11.5 Å². The Morgan fingerprint density at radius 3 is 2.50 bits per heavy atom. The zero-order chi connectivity index (χ0) is 14.9. The van der Waals surface area contributed by atoms with Gasteiger partial charge in [0.15, 0.2) is 0 Å². The monoisotopic (exact) mass is 297 g/mol. The highest BCUT2D eigenvalue weighted by Crippen LogP contribution is 2.33. The van der Waals surface area contributed by atoms with Crippen LogP contribution in [0.15, 0.2) is 22.6 Å². The molecule has 2 rings (SSSR count). The molecule has 104 valence electrons. The molecule has 7 nitrogen and oxygen atoms in total. The van der Waals surface area contributed by atoms with Crippen molar-refractivity contribution < 1.29 is 29.0 Å². The maximum Gasteiger partial charge on any atom is 0.374 e. The van der Waals surface area contributed by atoms with Gasteiger partial charge in [-0.2, -0.15) is 0 Å². The van der Waals surface area contributed by atoms with Crippen LogP contribution in [0.4, 0.5) is 0 Å². The molecule has 0 spiro atoms. The number of oxazole rings is 1. The smallest absolute Gasteiger partial charge is 0.374 e. The summed E-state index contributed by atoms with van der Waals surface area (Å²) in [4.78, 5) is 25.6. The van der Waals surface area contributed by atoms with Gasteiger partial charge in [0.1, 0.15) is 5.75 Å². The second-order valence-corrected chi connectivity index (χ2v) is 4.09. The van der Waals surface area contributed by atoms with Crippen LogP contribution in [0.3, 0.4) is 0 Å². The Bertz CT molecular complexity index is 662. The lowest BCUT2D eigenvalue weighted by Gasteiger charge is -2.05. The Hall–Kier alpha value is -2.54. The van der Waals surface area contributed by atoms with Gasteiger partial charge in [-0.05, 0) is 18.2 Å². The third-order valence-electron chi connectivity index (χ3n) is 2.42. The number of aromatic carboxylic acids is 2. The second-order valence-electron chi connectivity index (χ2n) is 3.65. The minimum atomic E-state index is -1.53. The number of nitrogens with zero attached hydrogens (tertiary/aromatic N) is 1. The molecule has 20 heavy (non-hydrogen) atoms. The normalized spacial score (nSPS) is 10.3. The summed E-state index contributed by atoms with van der Waals surface area (Å²) in [5, 5.41) is 18.2. The van der Waals surface area contributed by atoms with E-state index >= 15 is 0 Å². The number of ether oxygens (including phenoxy) is 1. The standard InChI is InChI=1S/C12H8ClNO6/c1-19-7-3-2-5(13)4-6(7)10-14-8(11(15)16)9(20-10)12(17)18/h2-4H,1H3,(H,15,16)(H,17,18). The minimum Gasteiger partial charge on any atom is -0.496 e. The number of carboxylic acid groups (broad SMARTS) is 2. The van der Waals surface area contributed by atoms with Gasteiger partial charge >= 0.3 is 11.9 Å². The Morgan fingerprint density at radius 2 is 2.00 bits per heavy atom. The first-order valence-corrected chi connectivity index (χ1v) is 5.63. The van der Waals surface area contributed by atoms with Crippen LogP contribution in [0.2, 0.25) is 5.02 Å². The van der Waals surface area contributed by atoms with Crippen LogP contribution in [-0.2, 0) is 0 Å². The van der Waals surface area contributed by atoms with Gasteiger partial charge in [-0.25, -0.2) is 14.6 Å². The average molecular weight is 298 g/mol. The topological polar surface area (TPSA) is 110 Å². The molecule has 1 aromatic heterocycles. The molecule has 8 heteroatoms. The fraction of sp³-hybridized carbons (Fsp3) is 0.0833. The van der Waals surface area contributed by atoms with Crippen molar-refractivity contribution in [2.45, 2.75) is 0 Å². The average Bonchev–Trinajstić information content (AvgIpc) is 2.83. The van der Waals surface area contributed by atoms with Gasteiger partial charge < -0.3 is 19.4 Å². The Labute approximate surface area is 117 Å². The van der Waals surface area contributed by atoms with E-state index in [1.165, 1.54) is 19.2 Å². The van der Waals surface area contributed by atoms with Crippen LogP contribution >= 0.6 is 11.6 Å². The van der Waals surface area contributed by atoms with Crippen molar-refractivity contribution >= 4 is 23.5 Å². The molecule has 1 heterocycles. The fourth-order valence-corrected chi connectivity index (χ4v) is 1.74. The summed E-state index contributed by atoms with van der Waals surface area (Å²) in [6.45, 7) is 0. The van der Waals surface area contributed by atoms with E-state index in [9.17, 15) is 9.59 Å². The van der Waals surface area contributed by atoms with E-state index in [1.807, 2.05) is 0 Å². The second kappa shape index (κ2) is 5.22. The van der Waals surface area contributed by atoms with E-state index in [0.717, 1.165) is 0 Å². The zero-order valence-corrected chi connectivity index (χ0v) is 10.8. The Morgan fingerprint density at radius 1 is 1.30 bits per heavy atom. The summed E-state index contributed by atoms with van der Waals surface area (Å²) in [6.07, 6.45) is 0. The highest BCUT2D eigenvalue weighted by atomic mass is 35.5. The lowest BCUT2D eigenvalue weighted by Crippen LogP contribution is -2.05. The molecular formula is C12H8ClNO6. The van der Waals surface area contributed by atoms with E-state index in [0.29, 0.717) is 10.8 Å². The van der Waals surface area contributed by atoms with Gasteiger partial charge in [0.2, 0.25) is 17.3 Å². The van der Waals surface area contributed by atoms with Crippen molar-refractivity contribution in [2.75, 3.05) is 7.11 Å². The molecule has 0 aliphatic carbocycles. The summed E-state index contributed by atoms with van der Waals surface area (Å²) in [5.74, 6) is -3.65. The number of hydrogen-bond donors (Lipinski definition) is 2. The van der Waals surface area contributed by atoms with Gasteiger partial charge in [-0.3, -0.25) is 0 Å². The van der Waals surface area contributed by atoms with Crippen LogP contribution in [0.5, 0.6) is 5.75 Å². The molecule has 2 aromatic rings. The summed E-state index contributed by atoms with van der Waals surface area (Å²) >= 11 is 5.84. The van der Waals surface area contributed by atoms with E-state index in [1.54, 1.807) is 6.07 Å². The number of methoxy groups -OCH3 is 1. The highest BCUT2D eigenvalue weighted by Gasteiger charge is 2.26. The molecule has 0 fully saturated rings. The first-order chi connectivity index (χ1) is 9.43. The first kappa shape index (κ1) is 13.9. The van der Waals surface area contributed by atoms with Crippen molar-refractivity contribution in [3.05, 3.63) is 34.7 Å². The predicted octanol–water partition coefficient (Wildman–Crippen LogP) is 2.40. The van der Waals surface area contributed by atoms with Gasteiger partial charge in [-0.1, -0.05) is 11.6 Å². The molecule has 0 saturated carbocycles. The van der Waals surface area contributed by atoms with Crippen molar-refractivity contribution in [1.29, 1.82) is 0 Å². The summed E-state index contributed by atoms with van der Waals surface area (Å²) < 4.78 is 10.1. The number of halogens is 1. The molecule has 0 unspecified atom stereocenters. The van der Waals surface area contributed by atoms with Gasteiger partial charge in [0.25, 0.3) is 0 Å². The molecule has 0 atom stereocenters. The zero-order valence-electron chi connectivity index (χ0n) is 10.1. The maximum atomic E-state index is 10.9. The highest BCUT2D eigenvalue weighted by molar-refractivity contribution is 6.30. The first-order valence-electron chi connectivity index (χ1n) is 5.25. The van der Waals surface area contributed by atoms with E-state index in [4.69, 9.17) is 31.0 Å². The summed E-state index contributed by atoms with van der Waals surface area (Å²) in [7, 11) is 1.39. The van der Waals surface area contributed by atoms with Gasteiger partial charge in [0, 0.05) is 5.02 Å². The van der Waals surface area contributed by atoms with Crippen molar-refractivity contribution in [3.8, 4) is 17.2 Å². The number of carboxylic acids is 2. The third-order valence-corrected chi connectivity index (χ3v) is 2.65. The lowest BCUT2D eigenvalue weighted by atomic mass is 10.2. The van der Waals surface area contributed by atoms with Crippen LogP contribution in [0.1, 0.15) is 21.0 Å². The molecule has 0 amide bonds. The van der Waals surface area contributed by atoms with Crippen molar-refractivity contribution in [1.82, 2.24) is 4.98 Å². The van der Waals surface area contributed by atoms with E-state index in [-0.39, 0.29) is 11.5 Å². The number of benzene rings is 1. The largest absolute Gasteiger partial charge is 0.496 e. The van der Waals surface area contributed by atoms with Crippen molar-refractivity contribution in [3.63, 3.8) is 0 Å². The molecule has 2 N–H and O–H groups in total. The quantitative estimate of drug-likeness (QED) is 0.891. The maximum absolute atomic E-state index is 10.9. The molecule has 0 radical (unpaired) electrons. The third kappa shape index (κ3) is 2.43. The molecule has 0 saturated heterocycles. The Kier molecular flexibility index (Phi) is 3.62. The van der Waals surface area contributed by atoms with E-state index < -0.39 is 23.4 Å². The summed E-state index contributed by atoms with van der Waals surface area (Å²) in [5.41, 5.74) is -0.426. The van der Waals surface area contributed by atoms with E-state index in [2.05, 4.69) is 4.98 Å². The minimum absolute atomic E-state index is 0.195. The summed E-state index contributed by atoms with van der Waals surface area (Å²) in [6, 6.07) is 4.52. The molecule has 0 aliphatic rings. The Balaban J connectivity index is 2.65. The molecule has 1 aromatic carbocycles. The number of rotatable bonds is 4.